The number of ketones is 1. The highest BCUT2D eigenvalue weighted by Crippen LogP contribution is 2.23. The van der Waals surface area contributed by atoms with Gasteiger partial charge in [-0.1, -0.05) is 38.3 Å². The Morgan fingerprint density at radius 1 is 1.38 bits per heavy atom. The van der Waals surface area contributed by atoms with Gasteiger partial charge in [-0.3, -0.25) is 4.79 Å². The van der Waals surface area contributed by atoms with Crippen LogP contribution in [-0.2, 0) is 4.79 Å². The molecule has 0 aliphatic carbocycles. The van der Waals surface area contributed by atoms with E-state index in [-0.39, 0.29) is 5.78 Å². The summed E-state index contributed by atoms with van der Waals surface area (Å²) < 4.78 is 1.32. The third-order valence-electron chi connectivity index (χ3n) is 2.32. The Balaban J connectivity index is 4.14. The molecule has 0 spiro atoms. The number of hydrogen-bond acceptors (Lipinski definition) is 1. The Bertz CT molecular complexity index is 272. The van der Waals surface area contributed by atoms with Crippen LogP contribution in [0, 0.1) is 5.92 Å². The van der Waals surface area contributed by atoms with Crippen molar-refractivity contribution in [3.8, 4) is 0 Å². The zero-order valence-electron chi connectivity index (χ0n) is 10.8. The van der Waals surface area contributed by atoms with Crippen LogP contribution >= 0.6 is 22.6 Å². The molecule has 0 fully saturated rings. The smallest absolute Gasteiger partial charge is 0.156 e. The normalized spacial score (nSPS) is 13.4. The third-order valence-corrected chi connectivity index (χ3v) is 3.83. The minimum absolute atomic E-state index is 0.241. The minimum atomic E-state index is 0.241. The molecular weight excluding hydrogens is 311 g/mol. The molecule has 0 N–H and O–H groups in total. The van der Waals surface area contributed by atoms with Gasteiger partial charge in [-0.25, -0.2) is 0 Å². The Hall–Kier alpha value is -0.120. The molecule has 0 aromatic heterocycles. The van der Waals surface area contributed by atoms with Gasteiger partial charge >= 0.3 is 0 Å². The van der Waals surface area contributed by atoms with Crippen molar-refractivity contribution in [2.24, 2.45) is 5.92 Å². The molecule has 0 aliphatic rings. The minimum Gasteiger partial charge on any atom is -0.295 e. The van der Waals surface area contributed by atoms with Crippen LogP contribution < -0.4 is 0 Å². The van der Waals surface area contributed by atoms with E-state index in [4.69, 9.17) is 0 Å². The number of carbonyl (C=O) groups excluding carboxylic acids is 1. The molecule has 0 bridgehead atoms. The SMILES string of the molecule is CCCC/C=C(\I)C(C)CC(=O)C=C(C)C. The summed E-state index contributed by atoms with van der Waals surface area (Å²) in [6, 6.07) is 0. The lowest BCUT2D eigenvalue weighted by molar-refractivity contribution is -0.115. The summed E-state index contributed by atoms with van der Waals surface area (Å²) in [6.07, 6.45) is 8.24. The van der Waals surface area contributed by atoms with E-state index in [0.717, 1.165) is 12.0 Å². The van der Waals surface area contributed by atoms with E-state index in [1.807, 2.05) is 13.8 Å². The third kappa shape index (κ3) is 8.08. The highest BCUT2D eigenvalue weighted by atomic mass is 127. The summed E-state index contributed by atoms with van der Waals surface area (Å²) in [6.45, 7) is 8.25. The standard InChI is InChI=1S/C14H23IO/c1-5-6-7-8-14(15)12(4)10-13(16)9-11(2)3/h8-9,12H,5-7,10H2,1-4H3/b14-8-. The summed E-state index contributed by atoms with van der Waals surface area (Å²) in [5.74, 6) is 0.603. The van der Waals surface area contributed by atoms with Gasteiger partial charge in [0.25, 0.3) is 0 Å². The average molecular weight is 334 g/mol. The largest absolute Gasteiger partial charge is 0.295 e. The molecule has 0 aromatic carbocycles. The summed E-state index contributed by atoms with van der Waals surface area (Å²) in [4.78, 5) is 11.6. The highest BCUT2D eigenvalue weighted by molar-refractivity contribution is 14.1. The number of hydrogen-bond donors (Lipinski definition) is 0. The zero-order chi connectivity index (χ0) is 12.6. The fourth-order valence-corrected chi connectivity index (χ4v) is 1.96. The van der Waals surface area contributed by atoms with Crippen LogP contribution in [0.4, 0.5) is 0 Å². The molecule has 0 saturated carbocycles. The van der Waals surface area contributed by atoms with Crippen LogP contribution in [0.2, 0.25) is 0 Å². The number of allylic oxidation sites excluding steroid dienone is 4. The topological polar surface area (TPSA) is 17.1 Å². The Morgan fingerprint density at radius 3 is 2.50 bits per heavy atom. The summed E-state index contributed by atoms with van der Waals surface area (Å²) in [5, 5.41) is 0. The van der Waals surface area contributed by atoms with E-state index < -0.39 is 0 Å². The Kier molecular flexibility index (Phi) is 8.90. The van der Waals surface area contributed by atoms with E-state index in [0.29, 0.717) is 12.3 Å². The van der Waals surface area contributed by atoms with Gasteiger partial charge in [-0.2, -0.15) is 0 Å². The van der Waals surface area contributed by atoms with E-state index in [1.165, 1.54) is 16.4 Å². The van der Waals surface area contributed by atoms with E-state index >= 15 is 0 Å². The van der Waals surface area contributed by atoms with Gasteiger partial charge in [-0.15, -0.1) is 0 Å². The fraction of sp³-hybridized carbons (Fsp3) is 0.643. The zero-order valence-corrected chi connectivity index (χ0v) is 13.0. The molecule has 1 unspecified atom stereocenters. The maximum Gasteiger partial charge on any atom is 0.156 e. The van der Waals surface area contributed by atoms with E-state index in [9.17, 15) is 4.79 Å². The van der Waals surface area contributed by atoms with Crippen molar-refractivity contribution in [1.82, 2.24) is 0 Å². The first-order valence-corrected chi connectivity index (χ1v) is 7.08. The molecule has 0 aliphatic heterocycles. The van der Waals surface area contributed by atoms with Crippen LogP contribution in [0.25, 0.3) is 0 Å². The van der Waals surface area contributed by atoms with Crippen LogP contribution in [-0.4, -0.2) is 5.78 Å². The van der Waals surface area contributed by atoms with Crippen LogP contribution in [0.5, 0.6) is 0 Å². The predicted octanol–water partition coefficient (Wildman–Crippen LogP) is 5.06. The van der Waals surface area contributed by atoms with Gasteiger partial charge in [0.15, 0.2) is 5.78 Å². The fourth-order valence-electron chi connectivity index (χ4n) is 1.43. The Morgan fingerprint density at radius 2 is 2.00 bits per heavy atom. The quantitative estimate of drug-likeness (QED) is 0.361. The molecule has 1 atom stereocenters. The molecule has 2 heteroatoms. The maximum atomic E-state index is 11.6. The first-order valence-electron chi connectivity index (χ1n) is 6.00. The molecule has 0 amide bonds. The van der Waals surface area contributed by atoms with Crippen molar-refractivity contribution in [1.29, 1.82) is 0 Å². The van der Waals surface area contributed by atoms with E-state index in [2.05, 4.69) is 42.5 Å². The van der Waals surface area contributed by atoms with Crippen molar-refractivity contribution < 1.29 is 4.79 Å². The van der Waals surface area contributed by atoms with Crippen molar-refractivity contribution in [2.45, 2.75) is 53.4 Å². The number of halogens is 1. The lowest BCUT2D eigenvalue weighted by atomic mass is 10.0. The summed E-state index contributed by atoms with van der Waals surface area (Å²) in [7, 11) is 0. The second-order valence-electron chi connectivity index (χ2n) is 4.52. The van der Waals surface area contributed by atoms with Gasteiger partial charge in [0.1, 0.15) is 0 Å². The van der Waals surface area contributed by atoms with Crippen molar-refractivity contribution >= 4 is 28.4 Å². The maximum absolute atomic E-state index is 11.6. The molecule has 0 heterocycles. The van der Waals surface area contributed by atoms with Gasteiger partial charge < -0.3 is 0 Å². The molecule has 16 heavy (non-hydrogen) atoms. The molecule has 92 valence electrons. The molecule has 1 nitrogen and oxygen atoms in total. The van der Waals surface area contributed by atoms with Crippen LogP contribution in [0.1, 0.15) is 53.4 Å². The number of rotatable bonds is 7. The van der Waals surface area contributed by atoms with Gasteiger partial charge in [0, 0.05) is 6.42 Å². The monoisotopic (exact) mass is 334 g/mol. The second-order valence-corrected chi connectivity index (χ2v) is 5.77. The molecule has 0 rings (SSSR count). The number of carbonyl (C=O) groups is 1. The predicted molar refractivity (Wildman–Crippen MR) is 79.8 cm³/mol. The van der Waals surface area contributed by atoms with Gasteiger partial charge in [0.05, 0.1) is 0 Å². The van der Waals surface area contributed by atoms with Crippen molar-refractivity contribution in [2.75, 3.05) is 0 Å². The van der Waals surface area contributed by atoms with E-state index in [1.54, 1.807) is 6.08 Å². The van der Waals surface area contributed by atoms with Crippen LogP contribution in [0.15, 0.2) is 21.3 Å². The summed E-state index contributed by atoms with van der Waals surface area (Å²) in [5.41, 5.74) is 1.09. The highest BCUT2D eigenvalue weighted by Gasteiger charge is 2.09. The van der Waals surface area contributed by atoms with Crippen molar-refractivity contribution in [3.05, 3.63) is 21.3 Å². The van der Waals surface area contributed by atoms with Crippen LogP contribution in [0.3, 0.4) is 0 Å². The molecule has 0 saturated heterocycles. The molecule has 0 aromatic rings. The lowest BCUT2D eigenvalue weighted by Crippen LogP contribution is -2.03. The summed E-state index contributed by atoms with van der Waals surface area (Å²) >= 11 is 2.36. The second kappa shape index (κ2) is 8.97. The average Bonchev–Trinajstić information content (AvgIpc) is 2.16. The molecular formula is C14H23IO. The van der Waals surface area contributed by atoms with Crippen molar-refractivity contribution in [3.63, 3.8) is 0 Å². The molecule has 0 radical (unpaired) electrons. The Labute approximate surface area is 114 Å². The number of unbranched alkanes of at least 4 members (excludes halogenated alkanes) is 2. The first kappa shape index (κ1) is 15.9. The van der Waals surface area contributed by atoms with Gasteiger partial charge in [0.2, 0.25) is 0 Å². The lowest BCUT2D eigenvalue weighted by Gasteiger charge is -2.08. The van der Waals surface area contributed by atoms with Gasteiger partial charge in [-0.05, 0) is 58.4 Å². The first-order chi connectivity index (χ1) is 7.47.